The van der Waals surface area contributed by atoms with Gasteiger partial charge in [-0.2, -0.15) is 0 Å². The minimum absolute atomic E-state index is 0.0160. The molecular weight excluding hydrogens is 306 g/mol. The van der Waals surface area contributed by atoms with E-state index in [1.807, 2.05) is 38.1 Å². The molecule has 5 nitrogen and oxygen atoms in total. The number of ether oxygens (including phenoxy) is 1. The second-order valence-electron chi connectivity index (χ2n) is 5.43. The molecule has 0 heterocycles. The van der Waals surface area contributed by atoms with Crippen molar-refractivity contribution in [3.63, 3.8) is 0 Å². The fourth-order valence-electron chi connectivity index (χ4n) is 2.40. The SMILES string of the molecule is CCCOc1ccccc1C(C)NC(=O)c1ccccc1C(=O)O. The van der Waals surface area contributed by atoms with E-state index in [2.05, 4.69) is 5.32 Å². The molecule has 0 aliphatic heterocycles. The van der Waals surface area contributed by atoms with Crippen LogP contribution in [0.1, 0.15) is 52.6 Å². The maximum atomic E-state index is 12.5. The molecular formula is C19H21NO4. The lowest BCUT2D eigenvalue weighted by Crippen LogP contribution is -2.28. The molecule has 1 amide bonds. The molecule has 0 aliphatic carbocycles. The fraction of sp³-hybridized carbons (Fsp3) is 0.263. The minimum atomic E-state index is -1.12. The molecule has 2 aromatic carbocycles. The van der Waals surface area contributed by atoms with Crippen molar-refractivity contribution in [1.29, 1.82) is 0 Å². The predicted molar refractivity (Wildman–Crippen MR) is 91.5 cm³/mol. The first kappa shape index (κ1) is 17.5. The Morgan fingerprint density at radius 2 is 1.71 bits per heavy atom. The Kier molecular flexibility index (Phi) is 5.95. The molecule has 0 radical (unpaired) electrons. The molecule has 0 spiro atoms. The van der Waals surface area contributed by atoms with Gasteiger partial charge in [-0.05, 0) is 31.5 Å². The van der Waals surface area contributed by atoms with Crippen molar-refractivity contribution in [3.05, 3.63) is 65.2 Å². The average molecular weight is 327 g/mol. The summed E-state index contributed by atoms with van der Waals surface area (Å²) in [7, 11) is 0. The van der Waals surface area contributed by atoms with Crippen molar-refractivity contribution >= 4 is 11.9 Å². The summed E-state index contributed by atoms with van der Waals surface area (Å²) in [5.41, 5.74) is 0.980. The number of para-hydroxylation sites is 1. The lowest BCUT2D eigenvalue weighted by molar-refractivity contribution is 0.0690. The van der Waals surface area contributed by atoms with Gasteiger partial charge < -0.3 is 15.2 Å². The van der Waals surface area contributed by atoms with Crippen molar-refractivity contribution in [2.75, 3.05) is 6.61 Å². The predicted octanol–water partition coefficient (Wildman–Crippen LogP) is 3.66. The van der Waals surface area contributed by atoms with Crippen LogP contribution < -0.4 is 10.1 Å². The standard InChI is InChI=1S/C19H21NO4/c1-3-12-24-17-11-7-6-8-14(17)13(2)20-18(21)15-9-4-5-10-16(15)19(22)23/h4-11,13H,3,12H2,1-2H3,(H,20,21)(H,22,23). The highest BCUT2D eigenvalue weighted by atomic mass is 16.5. The Morgan fingerprint density at radius 3 is 2.38 bits per heavy atom. The highest BCUT2D eigenvalue weighted by Gasteiger charge is 2.19. The van der Waals surface area contributed by atoms with E-state index in [0.717, 1.165) is 17.7 Å². The first-order chi connectivity index (χ1) is 11.5. The molecule has 0 fully saturated rings. The second kappa shape index (κ2) is 8.15. The van der Waals surface area contributed by atoms with E-state index in [1.165, 1.54) is 12.1 Å². The summed E-state index contributed by atoms with van der Waals surface area (Å²) >= 11 is 0. The molecule has 0 aliphatic rings. The van der Waals surface area contributed by atoms with Crippen LogP contribution in [0.4, 0.5) is 0 Å². The fourth-order valence-corrected chi connectivity index (χ4v) is 2.40. The molecule has 1 unspecified atom stereocenters. The summed E-state index contributed by atoms with van der Waals surface area (Å²) in [6.45, 7) is 4.46. The monoisotopic (exact) mass is 327 g/mol. The number of hydrogen-bond acceptors (Lipinski definition) is 3. The van der Waals surface area contributed by atoms with Crippen LogP contribution >= 0.6 is 0 Å². The van der Waals surface area contributed by atoms with Crippen LogP contribution in [0.15, 0.2) is 48.5 Å². The van der Waals surface area contributed by atoms with Crippen LogP contribution in [0.25, 0.3) is 0 Å². The van der Waals surface area contributed by atoms with Crippen molar-refractivity contribution in [3.8, 4) is 5.75 Å². The van der Waals surface area contributed by atoms with Gasteiger partial charge in [0.05, 0.1) is 23.8 Å². The van der Waals surface area contributed by atoms with Gasteiger partial charge in [-0.1, -0.05) is 37.3 Å². The zero-order chi connectivity index (χ0) is 17.5. The lowest BCUT2D eigenvalue weighted by atomic mass is 10.0. The molecule has 126 valence electrons. The van der Waals surface area contributed by atoms with Gasteiger partial charge in [0.15, 0.2) is 0 Å². The number of carbonyl (C=O) groups excluding carboxylic acids is 1. The van der Waals surface area contributed by atoms with Gasteiger partial charge in [0.2, 0.25) is 0 Å². The number of rotatable bonds is 7. The van der Waals surface area contributed by atoms with E-state index in [-0.39, 0.29) is 17.2 Å². The molecule has 2 rings (SSSR count). The molecule has 2 N–H and O–H groups in total. The summed E-state index contributed by atoms with van der Waals surface area (Å²) in [6.07, 6.45) is 0.890. The largest absolute Gasteiger partial charge is 0.493 e. The van der Waals surface area contributed by atoms with Crippen LogP contribution in [0.2, 0.25) is 0 Å². The smallest absolute Gasteiger partial charge is 0.336 e. The molecule has 5 heteroatoms. The van der Waals surface area contributed by atoms with E-state index < -0.39 is 11.9 Å². The second-order valence-corrected chi connectivity index (χ2v) is 5.43. The van der Waals surface area contributed by atoms with Crippen molar-refractivity contribution in [2.24, 2.45) is 0 Å². The third kappa shape index (κ3) is 4.13. The summed E-state index contributed by atoms with van der Waals surface area (Å²) in [5.74, 6) is -0.829. The highest BCUT2D eigenvalue weighted by molar-refractivity contribution is 6.04. The highest BCUT2D eigenvalue weighted by Crippen LogP contribution is 2.25. The molecule has 0 aromatic heterocycles. The zero-order valence-electron chi connectivity index (χ0n) is 13.8. The molecule has 0 saturated heterocycles. The Morgan fingerprint density at radius 1 is 1.08 bits per heavy atom. The first-order valence-electron chi connectivity index (χ1n) is 7.89. The van der Waals surface area contributed by atoms with Gasteiger partial charge in [0.25, 0.3) is 5.91 Å². The van der Waals surface area contributed by atoms with Crippen LogP contribution in [-0.2, 0) is 0 Å². The normalized spacial score (nSPS) is 11.6. The molecule has 0 bridgehead atoms. The van der Waals surface area contributed by atoms with Crippen molar-refractivity contribution in [1.82, 2.24) is 5.32 Å². The van der Waals surface area contributed by atoms with Crippen LogP contribution in [0.5, 0.6) is 5.75 Å². The average Bonchev–Trinajstić information content (AvgIpc) is 2.60. The van der Waals surface area contributed by atoms with E-state index >= 15 is 0 Å². The van der Waals surface area contributed by atoms with Gasteiger partial charge >= 0.3 is 5.97 Å². The first-order valence-corrected chi connectivity index (χ1v) is 7.89. The lowest BCUT2D eigenvalue weighted by Gasteiger charge is -2.18. The topological polar surface area (TPSA) is 75.6 Å². The Bertz CT molecular complexity index is 727. The van der Waals surface area contributed by atoms with Crippen molar-refractivity contribution in [2.45, 2.75) is 26.3 Å². The summed E-state index contributed by atoms with van der Waals surface area (Å²) in [6, 6.07) is 13.3. The summed E-state index contributed by atoms with van der Waals surface area (Å²) < 4.78 is 5.71. The quantitative estimate of drug-likeness (QED) is 0.813. The van der Waals surface area contributed by atoms with E-state index in [1.54, 1.807) is 12.1 Å². The third-order valence-corrected chi connectivity index (χ3v) is 3.60. The van der Waals surface area contributed by atoms with E-state index in [4.69, 9.17) is 4.74 Å². The van der Waals surface area contributed by atoms with Gasteiger partial charge in [-0.25, -0.2) is 4.79 Å². The van der Waals surface area contributed by atoms with E-state index in [0.29, 0.717) is 6.61 Å². The Hall–Kier alpha value is -2.82. The number of aromatic carboxylic acids is 1. The number of amides is 1. The number of carboxylic acid groups (broad SMARTS) is 1. The summed E-state index contributed by atoms with van der Waals surface area (Å²) in [4.78, 5) is 23.7. The zero-order valence-corrected chi connectivity index (χ0v) is 13.8. The maximum absolute atomic E-state index is 12.5. The third-order valence-electron chi connectivity index (χ3n) is 3.60. The summed E-state index contributed by atoms with van der Waals surface area (Å²) in [5, 5.41) is 12.0. The molecule has 0 saturated carbocycles. The van der Waals surface area contributed by atoms with Gasteiger partial charge in [-0.3, -0.25) is 4.79 Å². The van der Waals surface area contributed by atoms with Gasteiger partial charge in [0, 0.05) is 5.56 Å². The van der Waals surface area contributed by atoms with Crippen molar-refractivity contribution < 1.29 is 19.4 Å². The maximum Gasteiger partial charge on any atom is 0.336 e. The van der Waals surface area contributed by atoms with Gasteiger partial charge in [-0.15, -0.1) is 0 Å². The van der Waals surface area contributed by atoms with Crippen LogP contribution in [0, 0.1) is 0 Å². The number of carbonyl (C=O) groups is 2. The minimum Gasteiger partial charge on any atom is -0.493 e. The number of hydrogen-bond donors (Lipinski definition) is 2. The number of benzene rings is 2. The van der Waals surface area contributed by atoms with E-state index in [9.17, 15) is 14.7 Å². The Balaban J connectivity index is 2.20. The Labute approximate surface area is 141 Å². The number of nitrogens with one attached hydrogen (secondary N) is 1. The molecule has 1 atom stereocenters. The molecule has 2 aromatic rings. The van der Waals surface area contributed by atoms with Crippen LogP contribution in [0.3, 0.4) is 0 Å². The molecule has 24 heavy (non-hydrogen) atoms. The van der Waals surface area contributed by atoms with Gasteiger partial charge in [0.1, 0.15) is 5.75 Å². The van der Waals surface area contributed by atoms with Crippen LogP contribution in [-0.4, -0.2) is 23.6 Å². The number of carboxylic acids is 1.